The van der Waals surface area contributed by atoms with Crippen molar-refractivity contribution >= 4 is 34.6 Å². The summed E-state index contributed by atoms with van der Waals surface area (Å²) in [5.41, 5.74) is 1.65. The molecule has 2 aliphatic heterocycles. The van der Waals surface area contributed by atoms with Crippen molar-refractivity contribution in [3.8, 4) is 0 Å². The first-order chi connectivity index (χ1) is 17.0. The van der Waals surface area contributed by atoms with E-state index in [1.165, 1.54) is 0 Å². The number of furan rings is 1. The van der Waals surface area contributed by atoms with Crippen LogP contribution < -0.4 is 5.32 Å². The molecule has 184 valence electrons. The molecular weight excluding hydrogens is 464 g/mol. The summed E-state index contributed by atoms with van der Waals surface area (Å²) < 4.78 is 11.3. The Bertz CT molecular complexity index is 1190. The molecular formula is C28H31ClN2O4. The van der Waals surface area contributed by atoms with Crippen molar-refractivity contribution in [3.05, 3.63) is 76.5 Å². The molecule has 3 aromatic rings. The van der Waals surface area contributed by atoms with Gasteiger partial charge in [-0.3, -0.25) is 9.69 Å². The second-order valence-corrected chi connectivity index (χ2v) is 10.0. The molecule has 0 bridgehead atoms. The lowest BCUT2D eigenvalue weighted by molar-refractivity contribution is -0.0234. The summed E-state index contributed by atoms with van der Waals surface area (Å²) in [6.07, 6.45) is 5.30. The molecule has 2 N–H and O–H groups in total. The number of hydrogen-bond donors (Lipinski definition) is 2. The zero-order valence-corrected chi connectivity index (χ0v) is 20.5. The van der Waals surface area contributed by atoms with E-state index in [1.54, 1.807) is 6.07 Å². The van der Waals surface area contributed by atoms with E-state index >= 15 is 0 Å². The highest BCUT2D eigenvalue weighted by Gasteiger charge is 2.34. The maximum Gasteiger partial charge on any atom is 0.287 e. The maximum absolute atomic E-state index is 12.5. The van der Waals surface area contributed by atoms with Crippen molar-refractivity contribution < 1.29 is 19.1 Å². The van der Waals surface area contributed by atoms with Gasteiger partial charge >= 0.3 is 0 Å². The fourth-order valence-electron chi connectivity index (χ4n) is 4.90. The predicted octanol–water partition coefficient (Wildman–Crippen LogP) is 4.90. The van der Waals surface area contributed by atoms with Gasteiger partial charge in [0.2, 0.25) is 0 Å². The number of halogens is 1. The first-order valence-electron chi connectivity index (χ1n) is 12.3. The third-order valence-electron chi connectivity index (χ3n) is 6.97. The van der Waals surface area contributed by atoms with Gasteiger partial charge in [-0.1, -0.05) is 48.0 Å². The molecule has 2 fully saturated rings. The number of rotatable bonds is 7. The van der Waals surface area contributed by atoms with Crippen molar-refractivity contribution in [3.63, 3.8) is 0 Å². The quantitative estimate of drug-likeness (QED) is 0.488. The zero-order chi connectivity index (χ0) is 24.3. The van der Waals surface area contributed by atoms with E-state index in [0.717, 1.165) is 54.1 Å². The second kappa shape index (κ2) is 10.5. The number of nitrogens with one attached hydrogen (secondary N) is 1. The summed E-state index contributed by atoms with van der Waals surface area (Å²) in [4.78, 5) is 14.8. The van der Waals surface area contributed by atoms with Crippen LogP contribution in [0.4, 0.5) is 0 Å². The molecule has 1 unspecified atom stereocenters. The predicted molar refractivity (Wildman–Crippen MR) is 137 cm³/mol. The van der Waals surface area contributed by atoms with E-state index in [0.29, 0.717) is 31.5 Å². The van der Waals surface area contributed by atoms with E-state index < -0.39 is 5.60 Å². The number of fused-ring (bicyclic) bond motifs is 1. The topological polar surface area (TPSA) is 74.9 Å². The van der Waals surface area contributed by atoms with Crippen LogP contribution in [0.25, 0.3) is 17.0 Å². The molecule has 0 radical (unpaired) electrons. The van der Waals surface area contributed by atoms with Crippen molar-refractivity contribution in [1.82, 2.24) is 10.2 Å². The van der Waals surface area contributed by atoms with E-state index in [1.807, 2.05) is 54.6 Å². The van der Waals surface area contributed by atoms with Crippen LogP contribution in [0.2, 0.25) is 0 Å². The van der Waals surface area contributed by atoms with Crippen LogP contribution in [-0.2, 0) is 10.3 Å². The van der Waals surface area contributed by atoms with Gasteiger partial charge in [0.15, 0.2) is 5.76 Å². The lowest BCUT2D eigenvalue weighted by atomic mass is 9.84. The SMILES string of the molecule is O=C(NCC1CCCO1)c1cc2cc(C3(O)CCN(C/C(Cl)=C/c4ccccc4)CC3)ccc2o1. The largest absolute Gasteiger partial charge is 0.451 e. The van der Waals surface area contributed by atoms with Crippen LogP contribution >= 0.6 is 11.6 Å². The van der Waals surface area contributed by atoms with Crippen LogP contribution in [0.3, 0.4) is 0 Å². The van der Waals surface area contributed by atoms with E-state index in [9.17, 15) is 9.90 Å². The van der Waals surface area contributed by atoms with E-state index in [4.69, 9.17) is 20.8 Å². The van der Waals surface area contributed by atoms with Crippen molar-refractivity contribution in [2.24, 2.45) is 0 Å². The highest BCUT2D eigenvalue weighted by molar-refractivity contribution is 6.31. The molecule has 35 heavy (non-hydrogen) atoms. The highest BCUT2D eigenvalue weighted by atomic mass is 35.5. The summed E-state index contributed by atoms with van der Waals surface area (Å²) >= 11 is 6.50. The summed E-state index contributed by atoms with van der Waals surface area (Å²) in [6, 6.07) is 17.5. The summed E-state index contributed by atoms with van der Waals surface area (Å²) in [7, 11) is 0. The molecule has 7 heteroatoms. The Balaban J connectivity index is 1.20. The monoisotopic (exact) mass is 494 g/mol. The Morgan fingerprint density at radius 1 is 1.17 bits per heavy atom. The Morgan fingerprint density at radius 3 is 2.71 bits per heavy atom. The fraction of sp³-hybridized carbons (Fsp3) is 0.393. The molecule has 1 amide bonds. The number of benzene rings is 2. The van der Waals surface area contributed by atoms with Gasteiger partial charge in [0.1, 0.15) is 5.58 Å². The van der Waals surface area contributed by atoms with Crippen LogP contribution in [-0.4, -0.2) is 54.8 Å². The minimum atomic E-state index is -0.917. The lowest BCUT2D eigenvalue weighted by Gasteiger charge is -2.38. The van der Waals surface area contributed by atoms with Gasteiger partial charge in [0, 0.05) is 43.2 Å². The summed E-state index contributed by atoms with van der Waals surface area (Å²) in [6.45, 7) is 3.40. The number of piperidine rings is 1. The van der Waals surface area contributed by atoms with Gasteiger partial charge in [-0.15, -0.1) is 0 Å². The Hall–Kier alpha value is -2.64. The molecule has 1 atom stereocenters. The Labute approximate surface area is 210 Å². The van der Waals surface area contributed by atoms with Crippen molar-refractivity contribution in [2.45, 2.75) is 37.4 Å². The molecule has 6 nitrogen and oxygen atoms in total. The molecule has 2 aromatic carbocycles. The third-order valence-corrected chi connectivity index (χ3v) is 7.20. The molecule has 0 spiro atoms. The normalized spacial score (nSPS) is 20.9. The van der Waals surface area contributed by atoms with E-state index in [-0.39, 0.29) is 17.8 Å². The fourth-order valence-corrected chi connectivity index (χ4v) is 5.20. The van der Waals surface area contributed by atoms with Gasteiger partial charge in [-0.2, -0.15) is 0 Å². The molecule has 2 saturated heterocycles. The molecule has 5 rings (SSSR count). The standard InChI is InChI=1S/C28H31ClN2O4/c29-23(15-20-5-2-1-3-6-20)19-31-12-10-28(33,11-13-31)22-8-9-25-21(16-22)17-26(35-25)27(32)30-18-24-7-4-14-34-24/h1-3,5-6,8-9,15-17,24,33H,4,7,10-14,18-19H2,(H,30,32)/b23-15-. The van der Waals surface area contributed by atoms with E-state index in [2.05, 4.69) is 10.2 Å². The first-order valence-corrected chi connectivity index (χ1v) is 12.7. The third kappa shape index (κ3) is 5.78. The molecule has 2 aliphatic rings. The number of carbonyl (C=O) groups excluding carboxylic acids is 1. The van der Waals surface area contributed by atoms with Crippen molar-refractivity contribution in [2.75, 3.05) is 32.8 Å². The number of nitrogens with zero attached hydrogens (tertiary/aromatic N) is 1. The van der Waals surface area contributed by atoms with Crippen LogP contribution in [0.15, 0.2) is 64.0 Å². The van der Waals surface area contributed by atoms with Gasteiger partial charge in [0.25, 0.3) is 5.91 Å². The molecule has 1 aromatic heterocycles. The number of aliphatic hydroxyl groups is 1. The number of likely N-dealkylation sites (tertiary alicyclic amines) is 1. The van der Waals surface area contributed by atoms with Gasteiger partial charge in [0.05, 0.1) is 11.7 Å². The van der Waals surface area contributed by atoms with Gasteiger partial charge < -0.3 is 19.6 Å². The number of hydrogen-bond acceptors (Lipinski definition) is 5. The van der Waals surface area contributed by atoms with Crippen LogP contribution in [0.5, 0.6) is 0 Å². The molecule has 0 saturated carbocycles. The smallest absolute Gasteiger partial charge is 0.287 e. The second-order valence-electron chi connectivity index (χ2n) is 9.52. The highest BCUT2D eigenvalue weighted by Crippen LogP contribution is 2.35. The zero-order valence-electron chi connectivity index (χ0n) is 19.7. The van der Waals surface area contributed by atoms with Gasteiger partial charge in [-0.25, -0.2) is 0 Å². The summed E-state index contributed by atoms with van der Waals surface area (Å²) in [5, 5.41) is 15.9. The average molecular weight is 495 g/mol. The first kappa shape index (κ1) is 24.1. The Morgan fingerprint density at radius 2 is 1.97 bits per heavy atom. The number of amides is 1. The molecule has 0 aliphatic carbocycles. The number of carbonyl (C=O) groups is 1. The lowest BCUT2D eigenvalue weighted by Crippen LogP contribution is -2.42. The minimum Gasteiger partial charge on any atom is -0.451 e. The van der Waals surface area contributed by atoms with Gasteiger partial charge in [-0.05, 0) is 61.1 Å². The maximum atomic E-state index is 12.5. The number of ether oxygens (including phenoxy) is 1. The molecule has 3 heterocycles. The van der Waals surface area contributed by atoms with Crippen LogP contribution in [0.1, 0.15) is 47.4 Å². The Kier molecular flexibility index (Phi) is 7.25. The van der Waals surface area contributed by atoms with Crippen molar-refractivity contribution in [1.29, 1.82) is 0 Å². The van der Waals surface area contributed by atoms with Crippen LogP contribution in [0, 0.1) is 0 Å². The summed E-state index contributed by atoms with van der Waals surface area (Å²) in [5.74, 6) is 0.0301. The minimum absolute atomic E-state index is 0.0822. The average Bonchev–Trinajstić information content (AvgIpc) is 3.54.